The van der Waals surface area contributed by atoms with Gasteiger partial charge in [0.1, 0.15) is 0 Å². The predicted molar refractivity (Wildman–Crippen MR) is 150 cm³/mol. The van der Waals surface area contributed by atoms with Crippen LogP contribution in [0.3, 0.4) is 0 Å². The third-order valence-corrected chi connectivity index (χ3v) is 7.53. The van der Waals surface area contributed by atoms with Gasteiger partial charge >= 0.3 is 0 Å². The molecule has 3 atom stereocenters. The Bertz CT molecular complexity index is 1110. The first kappa shape index (κ1) is 29.2. The third kappa shape index (κ3) is 8.13. The first-order chi connectivity index (χ1) is 18.9. The smallest absolute Gasteiger partial charge is 0.227 e. The second kappa shape index (κ2) is 14.1. The molecule has 2 aliphatic rings. The molecule has 1 aliphatic carbocycles. The van der Waals surface area contributed by atoms with Crippen molar-refractivity contribution >= 4 is 22.7 Å². The molecule has 9 nitrogen and oxygen atoms in total. The van der Waals surface area contributed by atoms with Gasteiger partial charge in [-0.25, -0.2) is 4.98 Å². The summed E-state index contributed by atoms with van der Waals surface area (Å²) in [5.41, 5.74) is 1.86. The summed E-state index contributed by atoms with van der Waals surface area (Å²) in [6.07, 6.45) is 3.98. The number of nitrogens with one attached hydrogen (secondary N) is 2. The number of carbonyl (C=O) groups excluding carboxylic acids is 2. The van der Waals surface area contributed by atoms with E-state index in [9.17, 15) is 14.7 Å². The Morgan fingerprint density at radius 2 is 1.95 bits per heavy atom. The lowest BCUT2D eigenvalue weighted by molar-refractivity contribution is -0.139. The van der Waals surface area contributed by atoms with E-state index >= 15 is 0 Å². The Hall–Kier alpha value is -2.75. The SMILES string of the molecule is COCCCOc1cc(CN(C(=O)[C@H]2CNC[C@@H](C(=O)NC(CO)CC(C)C)C2)C2CC2)c2ccccc2n1. The Morgan fingerprint density at radius 1 is 1.18 bits per heavy atom. The van der Waals surface area contributed by atoms with E-state index in [1.54, 1.807) is 7.11 Å². The quantitative estimate of drug-likeness (QED) is 0.316. The minimum absolute atomic E-state index is 0.0835. The van der Waals surface area contributed by atoms with E-state index in [0.717, 1.165) is 42.1 Å². The minimum atomic E-state index is -0.302. The zero-order chi connectivity index (χ0) is 27.8. The molecule has 2 heterocycles. The van der Waals surface area contributed by atoms with Crippen LogP contribution in [-0.4, -0.2) is 78.9 Å². The van der Waals surface area contributed by atoms with Crippen LogP contribution >= 0.6 is 0 Å². The highest BCUT2D eigenvalue weighted by Gasteiger charge is 2.39. The fourth-order valence-corrected chi connectivity index (χ4v) is 5.39. The maximum absolute atomic E-state index is 13.9. The largest absolute Gasteiger partial charge is 0.478 e. The number of nitrogens with zero attached hydrogens (tertiary/aromatic N) is 2. The molecule has 39 heavy (non-hydrogen) atoms. The van der Waals surface area contributed by atoms with E-state index in [-0.39, 0.29) is 42.3 Å². The molecule has 1 aromatic carbocycles. The molecule has 1 aromatic heterocycles. The van der Waals surface area contributed by atoms with Crippen LogP contribution in [0.4, 0.5) is 0 Å². The molecule has 1 saturated heterocycles. The Balaban J connectivity index is 1.47. The van der Waals surface area contributed by atoms with E-state index in [1.165, 1.54) is 0 Å². The van der Waals surface area contributed by atoms with Crippen molar-refractivity contribution in [1.29, 1.82) is 0 Å². The molecular formula is C30H44N4O5. The van der Waals surface area contributed by atoms with Crippen molar-refractivity contribution in [2.45, 2.75) is 64.6 Å². The van der Waals surface area contributed by atoms with Crippen LogP contribution in [0.5, 0.6) is 5.88 Å². The predicted octanol–water partition coefficient (Wildman–Crippen LogP) is 2.89. The summed E-state index contributed by atoms with van der Waals surface area (Å²) in [5, 5.41) is 17.0. The first-order valence-electron chi connectivity index (χ1n) is 14.3. The topological polar surface area (TPSA) is 113 Å². The monoisotopic (exact) mass is 540 g/mol. The van der Waals surface area contributed by atoms with Gasteiger partial charge in [-0.1, -0.05) is 32.0 Å². The highest BCUT2D eigenvalue weighted by atomic mass is 16.5. The van der Waals surface area contributed by atoms with Crippen LogP contribution in [0.15, 0.2) is 30.3 Å². The first-order valence-corrected chi connectivity index (χ1v) is 14.3. The van der Waals surface area contributed by atoms with Crippen LogP contribution in [0.2, 0.25) is 0 Å². The third-order valence-electron chi connectivity index (χ3n) is 7.53. The molecule has 2 fully saturated rings. The average Bonchev–Trinajstić information content (AvgIpc) is 3.78. The van der Waals surface area contributed by atoms with Gasteiger partial charge in [-0.3, -0.25) is 9.59 Å². The minimum Gasteiger partial charge on any atom is -0.478 e. The number of ether oxygens (including phenoxy) is 2. The molecule has 214 valence electrons. The second-order valence-electron chi connectivity index (χ2n) is 11.3. The van der Waals surface area contributed by atoms with E-state index in [0.29, 0.717) is 51.1 Å². The average molecular weight is 541 g/mol. The van der Waals surface area contributed by atoms with Crippen LogP contribution < -0.4 is 15.4 Å². The number of carbonyl (C=O) groups is 2. The van der Waals surface area contributed by atoms with Crippen LogP contribution in [-0.2, 0) is 20.9 Å². The van der Waals surface area contributed by atoms with Gasteiger partial charge < -0.3 is 30.1 Å². The summed E-state index contributed by atoms with van der Waals surface area (Å²) in [5.74, 6) is 0.349. The number of piperidine rings is 1. The number of hydrogen-bond acceptors (Lipinski definition) is 7. The second-order valence-corrected chi connectivity index (χ2v) is 11.3. The van der Waals surface area contributed by atoms with Gasteiger partial charge in [0.25, 0.3) is 0 Å². The van der Waals surface area contributed by atoms with Crippen molar-refractivity contribution in [3.63, 3.8) is 0 Å². The summed E-state index contributed by atoms with van der Waals surface area (Å²) in [4.78, 5) is 33.6. The molecule has 0 spiro atoms. The highest BCUT2D eigenvalue weighted by Crippen LogP contribution is 2.33. The van der Waals surface area contributed by atoms with Crippen molar-refractivity contribution in [1.82, 2.24) is 20.5 Å². The molecule has 1 unspecified atom stereocenters. The van der Waals surface area contributed by atoms with E-state index < -0.39 is 0 Å². The molecule has 3 N–H and O–H groups in total. The number of fused-ring (bicyclic) bond motifs is 1. The van der Waals surface area contributed by atoms with Gasteiger partial charge in [0.2, 0.25) is 17.7 Å². The van der Waals surface area contributed by atoms with Gasteiger partial charge in [-0.15, -0.1) is 0 Å². The molecule has 2 amide bonds. The molecule has 1 saturated carbocycles. The Morgan fingerprint density at radius 3 is 2.67 bits per heavy atom. The van der Waals surface area contributed by atoms with Crippen molar-refractivity contribution in [3.8, 4) is 5.88 Å². The van der Waals surface area contributed by atoms with Gasteiger partial charge in [-0.05, 0) is 43.2 Å². The maximum Gasteiger partial charge on any atom is 0.227 e. The number of aliphatic hydroxyl groups excluding tert-OH is 1. The number of pyridine rings is 1. The molecule has 9 heteroatoms. The van der Waals surface area contributed by atoms with E-state index in [1.807, 2.05) is 35.2 Å². The number of para-hydroxylation sites is 1. The lowest BCUT2D eigenvalue weighted by Gasteiger charge is -2.34. The summed E-state index contributed by atoms with van der Waals surface area (Å²) >= 11 is 0. The van der Waals surface area contributed by atoms with Crippen molar-refractivity contribution in [3.05, 3.63) is 35.9 Å². The summed E-state index contributed by atoms with van der Waals surface area (Å²) < 4.78 is 11.0. The molecule has 2 aromatic rings. The number of aliphatic hydroxyl groups is 1. The number of rotatable bonds is 14. The number of benzene rings is 1. The molecule has 0 bridgehead atoms. The Labute approximate surface area is 231 Å². The van der Waals surface area contributed by atoms with Crippen molar-refractivity contribution in [2.75, 3.05) is 40.0 Å². The van der Waals surface area contributed by atoms with Crippen molar-refractivity contribution < 1.29 is 24.2 Å². The van der Waals surface area contributed by atoms with E-state index in [2.05, 4.69) is 29.5 Å². The maximum atomic E-state index is 13.9. The van der Waals surface area contributed by atoms with Gasteiger partial charge in [0.15, 0.2) is 0 Å². The number of hydrogen-bond donors (Lipinski definition) is 3. The molecule has 1 aliphatic heterocycles. The van der Waals surface area contributed by atoms with Gasteiger partial charge in [0, 0.05) is 57.3 Å². The van der Waals surface area contributed by atoms with Crippen molar-refractivity contribution in [2.24, 2.45) is 17.8 Å². The van der Waals surface area contributed by atoms with Crippen LogP contribution in [0.1, 0.15) is 51.5 Å². The molecular weight excluding hydrogens is 496 g/mol. The standard InChI is InChI=1S/C30H44N4O5/c1-20(2)13-24(19-35)32-29(36)21-14-22(17-31-16-21)30(37)34(25-9-10-25)18-23-15-28(39-12-6-11-38-3)33-27-8-5-4-7-26(23)27/h4-5,7-8,15,20-22,24-25,31,35H,6,9-14,16-19H2,1-3H3,(H,32,36)/t21-,22+,24?/m0/s1. The number of aromatic nitrogens is 1. The Kier molecular flexibility index (Phi) is 10.5. The fraction of sp³-hybridized carbons (Fsp3) is 0.633. The lowest BCUT2D eigenvalue weighted by Crippen LogP contribution is -2.51. The zero-order valence-corrected chi connectivity index (χ0v) is 23.5. The van der Waals surface area contributed by atoms with Crippen LogP contribution in [0.25, 0.3) is 10.9 Å². The van der Waals surface area contributed by atoms with Gasteiger partial charge in [0.05, 0.1) is 36.6 Å². The van der Waals surface area contributed by atoms with E-state index in [4.69, 9.17) is 9.47 Å². The molecule has 4 rings (SSSR count). The molecule has 0 radical (unpaired) electrons. The highest BCUT2D eigenvalue weighted by molar-refractivity contribution is 5.85. The van der Waals surface area contributed by atoms with Crippen LogP contribution in [0, 0.1) is 17.8 Å². The number of amides is 2. The zero-order valence-electron chi connectivity index (χ0n) is 23.5. The summed E-state index contributed by atoms with van der Waals surface area (Å²) in [6.45, 7) is 6.77. The normalized spacial score (nSPS) is 20.1. The summed E-state index contributed by atoms with van der Waals surface area (Å²) in [6, 6.07) is 9.87. The summed E-state index contributed by atoms with van der Waals surface area (Å²) in [7, 11) is 1.67. The number of methoxy groups -OCH3 is 1. The fourth-order valence-electron chi connectivity index (χ4n) is 5.39. The lowest BCUT2D eigenvalue weighted by atomic mass is 9.88. The van der Waals surface area contributed by atoms with Gasteiger partial charge in [-0.2, -0.15) is 0 Å².